The number of benzene rings is 1. The molecule has 1 aliphatic heterocycles. The Labute approximate surface area is 137 Å². The first kappa shape index (κ1) is 17.3. The summed E-state index contributed by atoms with van der Waals surface area (Å²) in [5, 5.41) is 0. The van der Waals surface area contributed by atoms with Gasteiger partial charge in [-0.15, -0.1) is 0 Å². The molecule has 0 saturated carbocycles. The molecule has 0 N–H and O–H groups in total. The third-order valence-electron chi connectivity index (χ3n) is 5.23. The van der Waals surface area contributed by atoms with Crippen LogP contribution in [0, 0.1) is 11.8 Å². The highest BCUT2D eigenvalue weighted by Gasteiger charge is 2.20. The second-order valence-corrected chi connectivity index (χ2v) is 7.26. The van der Waals surface area contributed by atoms with Gasteiger partial charge in [-0.25, -0.2) is 0 Å². The lowest BCUT2D eigenvalue weighted by Crippen LogP contribution is -2.36. The second-order valence-electron chi connectivity index (χ2n) is 7.26. The first-order valence-corrected chi connectivity index (χ1v) is 9.12. The molecule has 0 radical (unpaired) electrons. The maximum absolute atomic E-state index is 2.65. The number of likely N-dealkylation sites (tertiary alicyclic amines) is 1. The van der Waals surface area contributed by atoms with E-state index in [9.17, 15) is 0 Å². The quantitative estimate of drug-likeness (QED) is 0.734. The van der Waals surface area contributed by atoms with Crippen molar-refractivity contribution in [3.63, 3.8) is 0 Å². The van der Waals surface area contributed by atoms with Crippen LogP contribution in [0.5, 0.6) is 0 Å². The van der Waals surface area contributed by atoms with Crippen LogP contribution in [-0.2, 0) is 6.42 Å². The van der Waals surface area contributed by atoms with Crippen LogP contribution in [0.2, 0.25) is 0 Å². The Bertz CT molecular complexity index is 416. The zero-order valence-corrected chi connectivity index (χ0v) is 15.0. The van der Waals surface area contributed by atoms with E-state index in [1.165, 1.54) is 56.6 Å². The highest BCUT2D eigenvalue weighted by Crippen LogP contribution is 2.24. The molecule has 1 aliphatic rings. The topological polar surface area (TPSA) is 6.48 Å². The smallest absolute Gasteiger partial charge is 0.0363 e. The molecule has 1 aromatic carbocycles. The first-order valence-electron chi connectivity index (χ1n) is 9.12. The molecule has 0 amide bonds. The Morgan fingerprint density at radius 2 is 1.77 bits per heavy atom. The Morgan fingerprint density at radius 1 is 1.14 bits per heavy atom. The van der Waals surface area contributed by atoms with Crippen molar-refractivity contribution in [3.8, 4) is 0 Å². The third kappa shape index (κ3) is 5.01. The van der Waals surface area contributed by atoms with E-state index in [4.69, 9.17) is 0 Å². The summed E-state index contributed by atoms with van der Waals surface area (Å²) in [6.45, 7) is 11.9. The summed E-state index contributed by atoms with van der Waals surface area (Å²) in [5.74, 6) is 1.81. The molecular weight excluding hydrogens is 268 g/mol. The largest absolute Gasteiger partial charge is 0.375 e. The van der Waals surface area contributed by atoms with Crippen molar-refractivity contribution in [2.24, 2.45) is 11.8 Å². The fourth-order valence-corrected chi connectivity index (χ4v) is 3.51. The van der Waals surface area contributed by atoms with Crippen LogP contribution in [0.1, 0.15) is 45.6 Å². The number of hydrogen-bond acceptors (Lipinski definition) is 2. The molecule has 1 heterocycles. The van der Waals surface area contributed by atoms with E-state index in [2.05, 4.69) is 61.9 Å². The fourth-order valence-electron chi connectivity index (χ4n) is 3.51. The molecule has 0 aromatic heterocycles. The van der Waals surface area contributed by atoms with Crippen molar-refractivity contribution in [3.05, 3.63) is 29.8 Å². The summed E-state index contributed by atoms with van der Waals surface area (Å²) >= 11 is 0. The zero-order chi connectivity index (χ0) is 15.9. The van der Waals surface area contributed by atoms with E-state index < -0.39 is 0 Å². The monoisotopic (exact) mass is 302 g/mol. The zero-order valence-electron chi connectivity index (χ0n) is 15.0. The standard InChI is InChI=1S/C20H34N2/c1-5-13-21(4)20-8-6-18(7-9-20)10-14-22-15-11-19(12-16-22)17(2)3/h6-9,17,19H,5,10-16H2,1-4H3. The minimum absolute atomic E-state index is 0.856. The molecule has 0 aliphatic carbocycles. The molecule has 0 atom stereocenters. The predicted octanol–water partition coefficient (Wildman–Crippen LogP) is 4.44. The summed E-state index contributed by atoms with van der Waals surface area (Å²) in [4.78, 5) is 4.98. The minimum atomic E-state index is 0.856. The number of anilines is 1. The van der Waals surface area contributed by atoms with Crippen LogP contribution in [0.25, 0.3) is 0 Å². The van der Waals surface area contributed by atoms with Crippen molar-refractivity contribution in [2.75, 3.05) is 38.1 Å². The average molecular weight is 303 g/mol. The van der Waals surface area contributed by atoms with Crippen LogP contribution in [0.15, 0.2) is 24.3 Å². The van der Waals surface area contributed by atoms with Gasteiger partial charge in [0.15, 0.2) is 0 Å². The van der Waals surface area contributed by atoms with Gasteiger partial charge in [0.25, 0.3) is 0 Å². The summed E-state index contributed by atoms with van der Waals surface area (Å²) in [7, 11) is 2.18. The van der Waals surface area contributed by atoms with E-state index in [-0.39, 0.29) is 0 Å². The van der Waals surface area contributed by atoms with Crippen LogP contribution in [0.4, 0.5) is 5.69 Å². The lowest BCUT2D eigenvalue weighted by Gasteiger charge is -2.33. The van der Waals surface area contributed by atoms with Crippen molar-refractivity contribution < 1.29 is 0 Å². The molecule has 2 rings (SSSR count). The third-order valence-corrected chi connectivity index (χ3v) is 5.23. The van der Waals surface area contributed by atoms with Crippen LogP contribution < -0.4 is 4.90 Å². The number of nitrogens with zero attached hydrogens (tertiary/aromatic N) is 2. The van der Waals surface area contributed by atoms with E-state index in [0.717, 1.165) is 18.4 Å². The highest BCUT2D eigenvalue weighted by atomic mass is 15.1. The SMILES string of the molecule is CCCN(C)c1ccc(CCN2CCC(C(C)C)CC2)cc1. The van der Waals surface area contributed by atoms with E-state index in [1.54, 1.807) is 0 Å². The Kier molecular flexibility index (Phi) is 6.75. The Morgan fingerprint density at radius 3 is 2.32 bits per heavy atom. The molecular formula is C20H34N2. The van der Waals surface area contributed by atoms with Gasteiger partial charge in [0.2, 0.25) is 0 Å². The molecule has 0 bridgehead atoms. The van der Waals surface area contributed by atoms with Crippen LogP contribution in [-0.4, -0.2) is 38.1 Å². The maximum atomic E-state index is 2.65. The lowest BCUT2D eigenvalue weighted by molar-refractivity contribution is 0.159. The summed E-state index contributed by atoms with van der Waals surface area (Å²) < 4.78 is 0. The second kappa shape index (κ2) is 8.57. The molecule has 0 unspecified atom stereocenters. The molecule has 2 heteroatoms. The van der Waals surface area contributed by atoms with E-state index in [0.29, 0.717) is 0 Å². The van der Waals surface area contributed by atoms with Crippen molar-refractivity contribution in [1.82, 2.24) is 4.90 Å². The molecule has 124 valence electrons. The molecule has 1 fully saturated rings. The van der Waals surface area contributed by atoms with Gasteiger partial charge in [0.05, 0.1) is 0 Å². The Balaban J connectivity index is 1.75. The van der Waals surface area contributed by atoms with Gasteiger partial charge >= 0.3 is 0 Å². The van der Waals surface area contributed by atoms with Crippen molar-refractivity contribution in [2.45, 2.75) is 46.5 Å². The molecule has 2 nitrogen and oxygen atoms in total. The molecule has 1 aromatic rings. The Hall–Kier alpha value is -1.02. The minimum Gasteiger partial charge on any atom is -0.375 e. The number of rotatable bonds is 7. The summed E-state index contributed by atoms with van der Waals surface area (Å²) in [5.41, 5.74) is 2.81. The normalized spacial score (nSPS) is 17.1. The number of hydrogen-bond donors (Lipinski definition) is 0. The van der Waals surface area contributed by atoms with Crippen molar-refractivity contribution in [1.29, 1.82) is 0 Å². The van der Waals surface area contributed by atoms with Gasteiger partial charge in [-0.1, -0.05) is 32.9 Å². The van der Waals surface area contributed by atoms with Crippen molar-refractivity contribution >= 4 is 5.69 Å². The van der Waals surface area contributed by atoms with Crippen LogP contribution >= 0.6 is 0 Å². The maximum Gasteiger partial charge on any atom is 0.0363 e. The van der Waals surface area contributed by atoms with Gasteiger partial charge < -0.3 is 9.80 Å². The summed E-state index contributed by atoms with van der Waals surface area (Å²) in [6, 6.07) is 9.16. The fraction of sp³-hybridized carbons (Fsp3) is 0.700. The predicted molar refractivity (Wildman–Crippen MR) is 97.7 cm³/mol. The van der Waals surface area contributed by atoms with Gasteiger partial charge in [-0.2, -0.15) is 0 Å². The lowest BCUT2D eigenvalue weighted by atomic mass is 9.86. The van der Waals surface area contributed by atoms with E-state index >= 15 is 0 Å². The van der Waals surface area contributed by atoms with E-state index in [1.807, 2.05) is 0 Å². The van der Waals surface area contributed by atoms with Gasteiger partial charge in [0.1, 0.15) is 0 Å². The number of piperidine rings is 1. The van der Waals surface area contributed by atoms with Gasteiger partial charge in [-0.3, -0.25) is 0 Å². The summed E-state index contributed by atoms with van der Waals surface area (Å²) in [6.07, 6.45) is 5.16. The molecule has 0 spiro atoms. The van der Waals surface area contributed by atoms with Gasteiger partial charge in [0, 0.05) is 25.8 Å². The first-order chi connectivity index (χ1) is 10.6. The average Bonchev–Trinajstić information content (AvgIpc) is 2.54. The van der Waals surface area contributed by atoms with Crippen LogP contribution in [0.3, 0.4) is 0 Å². The molecule has 1 saturated heterocycles. The van der Waals surface area contributed by atoms with Gasteiger partial charge in [-0.05, 0) is 68.3 Å². The highest BCUT2D eigenvalue weighted by molar-refractivity contribution is 5.46. The molecule has 22 heavy (non-hydrogen) atoms.